The average molecular weight is 393 g/mol. The summed E-state index contributed by atoms with van der Waals surface area (Å²) < 4.78 is 1.01. The van der Waals surface area contributed by atoms with Crippen LogP contribution in [0.15, 0.2) is 45.3 Å². The molecule has 4 nitrogen and oxygen atoms in total. The molecule has 1 atom stereocenters. The summed E-state index contributed by atoms with van der Waals surface area (Å²) in [5.74, 6) is -0.823. The van der Waals surface area contributed by atoms with Crippen LogP contribution in [0, 0.1) is 5.92 Å². The lowest BCUT2D eigenvalue weighted by atomic mass is 9.93. The molecule has 1 aromatic heterocycles. The Balaban J connectivity index is 1.91. The quantitative estimate of drug-likeness (QED) is 0.582. The molecule has 23 heavy (non-hydrogen) atoms. The summed E-state index contributed by atoms with van der Waals surface area (Å²) in [6.07, 6.45) is 2.98. The highest BCUT2D eigenvalue weighted by molar-refractivity contribution is 9.10. The maximum Gasteiger partial charge on any atom is 0.304 e. The molecule has 1 unspecified atom stereocenters. The van der Waals surface area contributed by atoms with Crippen molar-refractivity contribution in [2.24, 2.45) is 11.0 Å². The second-order valence-electron chi connectivity index (χ2n) is 5.56. The van der Waals surface area contributed by atoms with Gasteiger partial charge in [0.2, 0.25) is 0 Å². The van der Waals surface area contributed by atoms with Crippen molar-refractivity contribution in [1.29, 1.82) is 0 Å². The van der Waals surface area contributed by atoms with Crippen molar-refractivity contribution in [3.63, 3.8) is 0 Å². The summed E-state index contributed by atoms with van der Waals surface area (Å²) in [4.78, 5) is 12.5. The Labute approximate surface area is 147 Å². The van der Waals surface area contributed by atoms with E-state index in [1.165, 1.54) is 4.88 Å². The fourth-order valence-corrected chi connectivity index (χ4v) is 4.03. The summed E-state index contributed by atoms with van der Waals surface area (Å²) in [6.45, 7) is 0. The van der Waals surface area contributed by atoms with Crippen molar-refractivity contribution in [3.05, 3.63) is 50.6 Å². The van der Waals surface area contributed by atoms with Gasteiger partial charge in [-0.25, -0.2) is 0 Å². The normalized spacial score (nSPS) is 19.2. The van der Waals surface area contributed by atoms with Crippen LogP contribution in [0.5, 0.6) is 0 Å². The van der Waals surface area contributed by atoms with Crippen molar-refractivity contribution in [2.45, 2.75) is 25.7 Å². The minimum absolute atomic E-state index is 0.0497. The summed E-state index contributed by atoms with van der Waals surface area (Å²) in [7, 11) is 0. The first-order valence-electron chi connectivity index (χ1n) is 7.51. The largest absolute Gasteiger partial charge is 0.481 e. The lowest BCUT2D eigenvalue weighted by Gasteiger charge is -2.15. The van der Waals surface area contributed by atoms with Gasteiger partial charge in [-0.3, -0.25) is 10.2 Å². The van der Waals surface area contributed by atoms with Gasteiger partial charge in [0, 0.05) is 20.8 Å². The maximum atomic E-state index is 11.2. The summed E-state index contributed by atoms with van der Waals surface area (Å²) in [5.41, 5.74) is 5.93. The van der Waals surface area contributed by atoms with Crippen molar-refractivity contribution < 1.29 is 9.90 Å². The molecule has 1 aliphatic carbocycles. The van der Waals surface area contributed by atoms with Crippen molar-refractivity contribution >= 4 is 44.6 Å². The minimum atomic E-state index is -0.773. The van der Waals surface area contributed by atoms with Crippen LogP contribution in [0.3, 0.4) is 0 Å². The summed E-state index contributed by atoms with van der Waals surface area (Å²) in [5, 5.41) is 15.9. The topological polar surface area (TPSA) is 61.7 Å². The van der Waals surface area contributed by atoms with E-state index in [4.69, 9.17) is 0 Å². The Morgan fingerprint density at radius 2 is 2.13 bits per heavy atom. The molecule has 0 amide bonds. The van der Waals surface area contributed by atoms with Crippen LogP contribution in [0.1, 0.15) is 29.7 Å². The molecular formula is C17H17BrN2O2S. The third-order valence-electron chi connectivity index (χ3n) is 3.94. The number of carbonyl (C=O) groups is 1. The zero-order valence-electron chi connectivity index (χ0n) is 12.5. The first kappa shape index (κ1) is 16.2. The Morgan fingerprint density at radius 3 is 2.87 bits per heavy atom. The highest BCUT2D eigenvalue weighted by Gasteiger charge is 2.26. The second-order valence-corrected chi connectivity index (χ2v) is 7.48. The van der Waals surface area contributed by atoms with Gasteiger partial charge in [0.15, 0.2) is 0 Å². The van der Waals surface area contributed by atoms with E-state index in [9.17, 15) is 9.90 Å². The number of thiophene rings is 1. The Morgan fingerprint density at radius 1 is 1.35 bits per heavy atom. The number of hydrogen-bond donors (Lipinski definition) is 2. The number of nitrogens with zero attached hydrogens (tertiary/aromatic N) is 1. The number of aliphatic carboxylic acids is 1. The van der Waals surface area contributed by atoms with Crippen LogP contribution >= 0.6 is 27.3 Å². The van der Waals surface area contributed by atoms with Crippen LogP contribution in [0.2, 0.25) is 0 Å². The number of anilines is 1. The number of aryl methyl sites for hydroxylation is 1. The van der Waals surface area contributed by atoms with Crippen molar-refractivity contribution in [2.75, 3.05) is 5.43 Å². The average Bonchev–Trinajstić information content (AvgIpc) is 2.91. The molecule has 120 valence electrons. The van der Waals surface area contributed by atoms with Crippen LogP contribution < -0.4 is 5.43 Å². The van der Waals surface area contributed by atoms with Gasteiger partial charge >= 0.3 is 5.97 Å². The van der Waals surface area contributed by atoms with Crippen LogP contribution in [-0.2, 0) is 11.2 Å². The number of carboxylic acids is 1. The third kappa shape index (κ3) is 4.00. The number of nitrogens with one attached hydrogen (secondary N) is 1. The fraction of sp³-hybridized carbons (Fsp3) is 0.294. The SMILES string of the molecule is O=C(O)CC1CCCc2sccc2/C1=N/Nc1ccc(Br)cc1. The Bertz CT molecular complexity index is 724. The van der Waals surface area contributed by atoms with E-state index in [0.29, 0.717) is 0 Å². The Hall–Kier alpha value is -1.66. The molecule has 0 fully saturated rings. The summed E-state index contributed by atoms with van der Waals surface area (Å²) in [6, 6.07) is 9.82. The van der Waals surface area contributed by atoms with Crippen LogP contribution in [0.4, 0.5) is 5.69 Å². The molecule has 2 aromatic rings. The zero-order valence-corrected chi connectivity index (χ0v) is 14.9. The summed E-state index contributed by atoms with van der Waals surface area (Å²) >= 11 is 5.13. The molecule has 0 aliphatic heterocycles. The monoisotopic (exact) mass is 392 g/mol. The lowest BCUT2D eigenvalue weighted by Crippen LogP contribution is -2.20. The van der Waals surface area contributed by atoms with E-state index < -0.39 is 5.97 Å². The predicted octanol–water partition coefficient (Wildman–Crippen LogP) is 4.75. The molecule has 2 N–H and O–H groups in total. The number of fused-ring (bicyclic) bond motifs is 1. The van der Waals surface area contributed by atoms with Crippen LogP contribution in [0.25, 0.3) is 0 Å². The van der Waals surface area contributed by atoms with Gasteiger partial charge in [-0.15, -0.1) is 11.3 Å². The van der Waals surface area contributed by atoms with Gasteiger partial charge in [0.1, 0.15) is 0 Å². The van der Waals surface area contributed by atoms with Gasteiger partial charge in [0.25, 0.3) is 0 Å². The molecule has 0 spiro atoms. The molecule has 1 aromatic carbocycles. The zero-order chi connectivity index (χ0) is 16.2. The number of hydrazone groups is 1. The fourth-order valence-electron chi connectivity index (χ4n) is 2.84. The van der Waals surface area contributed by atoms with E-state index in [1.54, 1.807) is 11.3 Å². The van der Waals surface area contributed by atoms with Gasteiger partial charge in [-0.05, 0) is 55.0 Å². The number of hydrogen-bond acceptors (Lipinski definition) is 4. The Kier molecular flexibility index (Phi) is 5.13. The number of halogens is 1. The van der Waals surface area contributed by atoms with E-state index in [1.807, 2.05) is 24.3 Å². The molecule has 0 saturated carbocycles. The smallest absolute Gasteiger partial charge is 0.304 e. The molecule has 1 aliphatic rings. The lowest BCUT2D eigenvalue weighted by molar-refractivity contribution is -0.137. The van der Waals surface area contributed by atoms with Gasteiger partial charge in [-0.2, -0.15) is 5.10 Å². The molecular weight excluding hydrogens is 376 g/mol. The number of rotatable bonds is 4. The van der Waals surface area contributed by atoms with E-state index in [0.717, 1.165) is 40.7 Å². The van der Waals surface area contributed by atoms with Gasteiger partial charge in [0.05, 0.1) is 17.8 Å². The van der Waals surface area contributed by atoms with E-state index in [2.05, 4.69) is 37.9 Å². The third-order valence-corrected chi connectivity index (χ3v) is 5.44. The first-order chi connectivity index (χ1) is 11.1. The number of carboxylic acid groups (broad SMARTS) is 1. The first-order valence-corrected chi connectivity index (χ1v) is 9.18. The molecule has 0 radical (unpaired) electrons. The standard InChI is InChI=1S/C17H17BrN2O2S/c18-12-4-6-13(7-5-12)19-20-17-11(10-16(21)22)2-1-3-15-14(17)8-9-23-15/h4-9,11,19H,1-3,10H2,(H,21,22)/b20-17+. The highest BCUT2D eigenvalue weighted by atomic mass is 79.9. The highest BCUT2D eigenvalue weighted by Crippen LogP contribution is 2.31. The molecule has 3 rings (SSSR count). The van der Waals surface area contributed by atoms with Crippen molar-refractivity contribution in [3.8, 4) is 0 Å². The molecule has 0 bridgehead atoms. The second kappa shape index (κ2) is 7.27. The number of benzene rings is 1. The molecule has 0 saturated heterocycles. The van der Waals surface area contributed by atoms with E-state index in [-0.39, 0.29) is 12.3 Å². The van der Waals surface area contributed by atoms with Crippen LogP contribution in [-0.4, -0.2) is 16.8 Å². The van der Waals surface area contributed by atoms with E-state index >= 15 is 0 Å². The van der Waals surface area contributed by atoms with Gasteiger partial charge in [-0.1, -0.05) is 15.9 Å². The maximum absolute atomic E-state index is 11.2. The van der Waals surface area contributed by atoms with Crippen molar-refractivity contribution in [1.82, 2.24) is 0 Å². The minimum Gasteiger partial charge on any atom is -0.481 e. The molecule has 6 heteroatoms. The predicted molar refractivity (Wildman–Crippen MR) is 97.3 cm³/mol. The van der Waals surface area contributed by atoms with Gasteiger partial charge < -0.3 is 5.11 Å². The molecule has 1 heterocycles.